The number of allylic oxidation sites excluding steroid dienone is 4. The van der Waals surface area contributed by atoms with E-state index in [9.17, 15) is 9.59 Å². The first-order valence-electron chi connectivity index (χ1n) is 6.93. The van der Waals surface area contributed by atoms with E-state index >= 15 is 0 Å². The Balaban J connectivity index is 2.04. The minimum atomic E-state index is -0.246. The molecule has 1 aliphatic carbocycles. The molecule has 2 rings (SSSR count). The van der Waals surface area contributed by atoms with Gasteiger partial charge in [-0.05, 0) is 43.5 Å². The quantitative estimate of drug-likeness (QED) is 0.463. The van der Waals surface area contributed by atoms with Gasteiger partial charge in [0.1, 0.15) is 5.75 Å². The van der Waals surface area contributed by atoms with E-state index in [0.717, 1.165) is 24.8 Å². The maximum Gasteiger partial charge on any atom is 0.311 e. The van der Waals surface area contributed by atoms with Crippen molar-refractivity contribution in [3.05, 3.63) is 53.6 Å². The molecule has 0 amide bonds. The number of benzene rings is 1. The fraction of sp³-hybridized carbons (Fsp3) is 0.294. The molecule has 3 nitrogen and oxygen atoms in total. The smallest absolute Gasteiger partial charge is 0.311 e. The van der Waals surface area contributed by atoms with Gasteiger partial charge in [-0.3, -0.25) is 9.59 Å². The van der Waals surface area contributed by atoms with Crippen molar-refractivity contribution in [2.24, 2.45) is 0 Å². The van der Waals surface area contributed by atoms with Gasteiger partial charge in [0.15, 0.2) is 5.78 Å². The maximum absolute atomic E-state index is 12.2. The number of Topliss-reactive ketones (excluding diaryl/α,β-unsaturated/α-hetero) is 1. The lowest BCUT2D eigenvalue weighted by Gasteiger charge is -2.07. The molecule has 0 aromatic heterocycles. The first-order valence-corrected chi connectivity index (χ1v) is 6.93. The highest BCUT2D eigenvalue weighted by Gasteiger charge is 2.11. The third-order valence-electron chi connectivity index (χ3n) is 3.06. The van der Waals surface area contributed by atoms with Crippen LogP contribution in [-0.4, -0.2) is 11.8 Å². The van der Waals surface area contributed by atoms with Gasteiger partial charge in [0, 0.05) is 17.6 Å². The number of carbonyl (C=O) groups excluding carboxylic acids is 2. The molecule has 0 saturated carbocycles. The second kappa shape index (κ2) is 6.85. The topological polar surface area (TPSA) is 43.4 Å². The van der Waals surface area contributed by atoms with Crippen LogP contribution in [0.25, 0.3) is 0 Å². The number of hydrogen-bond donors (Lipinski definition) is 0. The van der Waals surface area contributed by atoms with Crippen LogP contribution in [0, 0.1) is 0 Å². The number of esters is 1. The van der Waals surface area contributed by atoms with Crippen molar-refractivity contribution in [3.63, 3.8) is 0 Å². The molecule has 0 atom stereocenters. The van der Waals surface area contributed by atoms with Gasteiger partial charge < -0.3 is 4.74 Å². The van der Waals surface area contributed by atoms with Crippen LogP contribution in [0.15, 0.2) is 48.1 Å². The van der Waals surface area contributed by atoms with Gasteiger partial charge in [-0.2, -0.15) is 0 Å². The monoisotopic (exact) mass is 270 g/mol. The van der Waals surface area contributed by atoms with Gasteiger partial charge in [-0.25, -0.2) is 0 Å². The number of carbonyl (C=O) groups is 2. The zero-order valence-electron chi connectivity index (χ0n) is 11.6. The summed E-state index contributed by atoms with van der Waals surface area (Å²) < 4.78 is 5.16. The molecule has 0 fully saturated rings. The van der Waals surface area contributed by atoms with E-state index in [1.165, 1.54) is 0 Å². The molecular formula is C17H18O3. The largest absolute Gasteiger partial charge is 0.427 e. The predicted molar refractivity (Wildman–Crippen MR) is 77.8 cm³/mol. The van der Waals surface area contributed by atoms with Crippen molar-refractivity contribution in [1.29, 1.82) is 0 Å². The lowest BCUT2D eigenvalue weighted by Crippen LogP contribution is -2.07. The van der Waals surface area contributed by atoms with Gasteiger partial charge in [0.2, 0.25) is 0 Å². The minimum absolute atomic E-state index is 0.00684. The van der Waals surface area contributed by atoms with Crippen LogP contribution in [-0.2, 0) is 4.79 Å². The van der Waals surface area contributed by atoms with Crippen LogP contribution in [0.4, 0.5) is 0 Å². The zero-order valence-corrected chi connectivity index (χ0v) is 11.6. The highest BCUT2D eigenvalue weighted by molar-refractivity contribution is 6.10. The second-order valence-electron chi connectivity index (χ2n) is 4.72. The molecular weight excluding hydrogens is 252 g/mol. The molecule has 0 radical (unpaired) electrons. The molecule has 0 bridgehead atoms. The van der Waals surface area contributed by atoms with Crippen LogP contribution < -0.4 is 4.74 Å². The van der Waals surface area contributed by atoms with Crippen molar-refractivity contribution in [2.75, 3.05) is 0 Å². The van der Waals surface area contributed by atoms with E-state index in [4.69, 9.17) is 4.74 Å². The Labute approximate surface area is 118 Å². The van der Waals surface area contributed by atoms with Gasteiger partial charge in [0.05, 0.1) is 0 Å². The SMILES string of the molecule is CCCC(=O)Oc1ccc(C(=O)C2=CCCC=C2)cc1. The molecule has 20 heavy (non-hydrogen) atoms. The van der Waals surface area contributed by atoms with E-state index < -0.39 is 0 Å². The van der Waals surface area contributed by atoms with Crippen LogP contribution >= 0.6 is 0 Å². The number of rotatable bonds is 5. The van der Waals surface area contributed by atoms with E-state index in [2.05, 4.69) is 0 Å². The predicted octanol–water partition coefficient (Wildman–Crippen LogP) is 3.85. The highest BCUT2D eigenvalue weighted by atomic mass is 16.5. The normalized spacial score (nSPS) is 13.8. The van der Waals surface area contributed by atoms with Crippen molar-refractivity contribution >= 4 is 11.8 Å². The highest BCUT2D eigenvalue weighted by Crippen LogP contribution is 2.18. The molecule has 1 aliphatic rings. The summed E-state index contributed by atoms with van der Waals surface area (Å²) in [6.07, 6.45) is 8.88. The Bertz CT molecular complexity index is 550. The summed E-state index contributed by atoms with van der Waals surface area (Å²) in [6, 6.07) is 6.71. The number of ether oxygens (including phenoxy) is 1. The van der Waals surface area contributed by atoms with Crippen LogP contribution in [0.3, 0.4) is 0 Å². The first kappa shape index (κ1) is 14.3. The summed E-state index contributed by atoms with van der Waals surface area (Å²) in [5.41, 5.74) is 1.34. The Morgan fingerprint density at radius 3 is 2.50 bits per heavy atom. The fourth-order valence-electron chi connectivity index (χ4n) is 2.01. The van der Waals surface area contributed by atoms with Gasteiger partial charge in [0.25, 0.3) is 0 Å². The Morgan fingerprint density at radius 2 is 1.90 bits per heavy atom. The molecule has 0 saturated heterocycles. The van der Waals surface area contributed by atoms with Crippen LogP contribution in [0.2, 0.25) is 0 Å². The van der Waals surface area contributed by atoms with E-state index in [-0.39, 0.29) is 11.8 Å². The summed E-state index contributed by atoms with van der Waals surface area (Å²) in [4.78, 5) is 23.6. The van der Waals surface area contributed by atoms with E-state index in [1.807, 2.05) is 25.2 Å². The molecule has 0 unspecified atom stereocenters. The van der Waals surface area contributed by atoms with Crippen molar-refractivity contribution < 1.29 is 14.3 Å². The summed E-state index contributed by atoms with van der Waals surface area (Å²) in [5.74, 6) is 0.241. The standard InChI is InChI=1S/C17H18O3/c1-2-6-16(18)20-15-11-9-14(10-12-15)17(19)13-7-4-3-5-8-13/h4,7-12H,2-3,5-6H2,1H3. The molecule has 104 valence electrons. The molecule has 0 N–H and O–H groups in total. The number of ketones is 1. The van der Waals surface area contributed by atoms with Crippen molar-refractivity contribution in [3.8, 4) is 5.75 Å². The third kappa shape index (κ3) is 3.67. The molecule has 0 heterocycles. The Kier molecular flexibility index (Phi) is 4.88. The van der Waals surface area contributed by atoms with Gasteiger partial charge in [-0.1, -0.05) is 25.2 Å². The van der Waals surface area contributed by atoms with Gasteiger partial charge in [-0.15, -0.1) is 0 Å². The lowest BCUT2D eigenvalue weighted by molar-refractivity contribution is -0.134. The second-order valence-corrected chi connectivity index (χ2v) is 4.72. The van der Waals surface area contributed by atoms with Gasteiger partial charge >= 0.3 is 5.97 Å². The maximum atomic E-state index is 12.2. The minimum Gasteiger partial charge on any atom is -0.427 e. The molecule has 0 aliphatic heterocycles. The van der Waals surface area contributed by atoms with E-state index in [0.29, 0.717) is 17.7 Å². The molecule has 3 heteroatoms. The number of hydrogen-bond acceptors (Lipinski definition) is 3. The average Bonchev–Trinajstić information content (AvgIpc) is 2.48. The summed E-state index contributed by atoms with van der Waals surface area (Å²) in [7, 11) is 0. The van der Waals surface area contributed by atoms with Crippen LogP contribution in [0.1, 0.15) is 43.0 Å². The molecule has 0 spiro atoms. The van der Waals surface area contributed by atoms with E-state index in [1.54, 1.807) is 24.3 Å². The summed E-state index contributed by atoms with van der Waals surface area (Å²) in [5, 5.41) is 0. The zero-order chi connectivity index (χ0) is 14.4. The summed E-state index contributed by atoms with van der Waals surface area (Å²) >= 11 is 0. The van der Waals surface area contributed by atoms with Crippen molar-refractivity contribution in [1.82, 2.24) is 0 Å². The fourth-order valence-corrected chi connectivity index (χ4v) is 2.01. The lowest BCUT2D eigenvalue weighted by atomic mass is 9.98. The third-order valence-corrected chi connectivity index (χ3v) is 3.06. The summed E-state index contributed by atoms with van der Waals surface area (Å²) in [6.45, 7) is 1.93. The van der Waals surface area contributed by atoms with Crippen molar-refractivity contribution in [2.45, 2.75) is 32.6 Å². The molecule has 1 aromatic carbocycles. The average molecular weight is 270 g/mol. The Morgan fingerprint density at radius 1 is 1.15 bits per heavy atom. The first-order chi connectivity index (χ1) is 9.70. The van der Waals surface area contributed by atoms with Crippen LogP contribution in [0.5, 0.6) is 5.75 Å². The Hall–Kier alpha value is -2.16. The molecule has 1 aromatic rings.